The van der Waals surface area contributed by atoms with Gasteiger partial charge in [0.15, 0.2) is 0 Å². The molecule has 1 heterocycles. The second-order valence-electron chi connectivity index (χ2n) is 7.21. The summed E-state index contributed by atoms with van der Waals surface area (Å²) in [6, 6.07) is 8.85. The van der Waals surface area contributed by atoms with Crippen LogP contribution in [0.25, 0.3) is 0 Å². The third-order valence-corrected chi connectivity index (χ3v) is 9.37. The van der Waals surface area contributed by atoms with Gasteiger partial charge >= 0.3 is 0 Å². The highest BCUT2D eigenvalue weighted by Gasteiger charge is 2.34. The Morgan fingerprint density at radius 3 is 1.48 bits per heavy atom. The molecule has 0 bridgehead atoms. The van der Waals surface area contributed by atoms with Crippen LogP contribution in [0.4, 0.5) is 0 Å². The number of benzene rings is 2. The van der Waals surface area contributed by atoms with Gasteiger partial charge in [0.25, 0.3) is 0 Å². The lowest BCUT2D eigenvalue weighted by molar-refractivity contribution is 0.327. The van der Waals surface area contributed by atoms with E-state index in [1.54, 1.807) is 26.0 Å². The Morgan fingerprint density at radius 2 is 1.12 bits per heavy atom. The molecule has 0 unspecified atom stereocenters. The van der Waals surface area contributed by atoms with Crippen LogP contribution in [0.3, 0.4) is 0 Å². The van der Waals surface area contributed by atoms with Crippen molar-refractivity contribution in [3.05, 3.63) is 46.4 Å². The molecule has 12 heteroatoms. The lowest BCUT2D eigenvalue weighted by Crippen LogP contribution is -2.37. The maximum Gasteiger partial charge on any atom is 0.246 e. The van der Waals surface area contributed by atoms with Crippen molar-refractivity contribution in [3.8, 4) is 11.5 Å². The molecule has 0 spiro atoms. The highest BCUT2D eigenvalue weighted by atomic mass is 35.5. The molecule has 182 valence electrons. The Labute approximate surface area is 205 Å². The molecular formula is C21H26Cl2N2O6S2. The molecule has 1 fully saturated rings. The fraction of sp³-hybridized carbons (Fsp3) is 0.429. The number of ether oxygens (including phenoxy) is 2. The van der Waals surface area contributed by atoms with E-state index < -0.39 is 20.0 Å². The molecule has 0 N–H and O–H groups in total. The van der Waals surface area contributed by atoms with Crippen molar-refractivity contribution >= 4 is 43.2 Å². The van der Waals surface area contributed by atoms with E-state index in [2.05, 4.69) is 0 Å². The molecule has 0 radical (unpaired) electrons. The molecule has 3 rings (SSSR count). The first-order valence-corrected chi connectivity index (χ1v) is 14.1. The van der Waals surface area contributed by atoms with Crippen molar-refractivity contribution < 1.29 is 26.3 Å². The smallest absolute Gasteiger partial charge is 0.246 e. The highest BCUT2D eigenvalue weighted by molar-refractivity contribution is 7.89. The second-order valence-corrected chi connectivity index (χ2v) is 11.9. The van der Waals surface area contributed by atoms with Crippen molar-refractivity contribution in [1.82, 2.24) is 8.61 Å². The van der Waals surface area contributed by atoms with Gasteiger partial charge in [-0.25, -0.2) is 16.8 Å². The van der Waals surface area contributed by atoms with Gasteiger partial charge in [-0.2, -0.15) is 8.61 Å². The minimum Gasteiger partial charge on any atom is -0.492 e. The molecular weight excluding hydrogens is 511 g/mol. The van der Waals surface area contributed by atoms with Crippen LogP contribution in [-0.4, -0.2) is 64.8 Å². The SMILES string of the molecule is CCOc1ccc(Cl)cc1S(=O)(=O)N1CCCN(S(=O)(=O)c2cc(Cl)ccc2OCC)CC1. The van der Waals surface area contributed by atoms with E-state index in [4.69, 9.17) is 32.7 Å². The van der Waals surface area contributed by atoms with Crippen LogP contribution >= 0.6 is 23.2 Å². The van der Waals surface area contributed by atoms with E-state index in [-0.39, 0.29) is 70.7 Å². The van der Waals surface area contributed by atoms with E-state index >= 15 is 0 Å². The van der Waals surface area contributed by atoms with E-state index in [0.717, 1.165) is 0 Å². The van der Waals surface area contributed by atoms with Gasteiger partial charge in [0.05, 0.1) is 13.2 Å². The summed E-state index contributed by atoms with van der Waals surface area (Å²) < 4.78 is 67.0. The molecule has 2 aromatic rings. The van der Waals surface area contributed by atoms with Gasteiger partial charge in [-0.05, 0) is 56.7 Å². The number of halogens is 2. The van der Waals surface area contributed by atoms with Crippen LogP contribution in [0.2, 0.25) is 10.0 Å². The van der Waals surface area contributed by atoms with Crippen LogP contribution in [0.15, 0.2) is 46.2 Å². The van der Waals surface area contributed by atoms with Crippen LogP contribution in [-0.2, 0) is 20.0 Å². The maximum atomic E-state index is 13.4. The van der Waals surface area contributed by atoms with Crippen molar-refractivity contribution in [2.45, 2.75) is 30.1 Å². The molecule has 0 amide bonds. The summed E-state index contributed by atoms with van der Waals surface area (Å²) in [5.74, 6) is 0.409. The monoisotopic (exact) mass is 536 g/mol. The fourth-order valence-corrected chi connectivity index (χ4v) is 7.27. The van der Waals surface area contributed by atoms with E-state index in [9.17, 15) is 16.8 Å². The predicted molar refractivity (Wildman–Crippen MR) is 127 cm³/mol. The van der Waals surface area contributed by atoms with Gasteiger partial charge in [0.1, 0.15) is 21.3 Å². The first-order valence-electron chi connectivity index (χ1n) is 10.5. The Balaban J connectivity index is 1.88. The normalized spacial score (nSPS) is 16.4. The Hall–Kier alpha value is -1.56. The average Bonchev–Trinajstić information content (AvgIpc) is 3.04. The van der Waals surface area contributed by atoms with Crippen molar-refractivity contribution in [2.75, 3.05) is 39.4 Å². The Morgan fingerprint density at radius 1 is 0.727 bits per heavy atom. The van der Waals surface area contributed by atoms with Gasteiger partial charge in [-0.15, -0.1) is 0 Å². The van der Waals surface area contributed by atoms with E-state index in [1.807, 2.05) is 0 Å². The van der Waals surface area contributed by atoms with Crippen molar-refractivity contribution in [3.63, 3.8) is 0 Å². The third kappa shape index (κ3) is 5.75. The predicted octanol–water partition coefficient (Wildman–Crippen LogP) is 3.88. The number of hydrogen-bond acceptors (Lipinski definition) is 6. The van der Waals surface area contributed by atoms with Gasteiger partial charge in [0.2, 0.25) is 20.0 Å². The molecule has 2 aromatic carbocycles. The third-order valence-electron chi connectivity index (χ3n) is 5.06. The largest absolute Gasteiger partial charge is 0.492 e. The molecule has 1 saturated heterocycles. The summed E-state index contributed by atoms with van der Waals surface area (Å²) in [7, 11) is -7.92. The van der Waals surface area contributed by atoms with Crippen LogP contribution in [0, 0.1) is 0 Å². The second kappa shape index (κ2) is 10.8. The molecule has 33 heavy (non-hydrogen) atoms. The van der Waals surface area contributed by atoms with Crippen molar-refractivity contribution in [2.24, 2.45) is 0 Å². The summed E-state index contributed by atoms with van der Waals surface area (Å²) in [5.41, 5.74) is 0. The highest BCUT2D eigenvalue weighted by Crippen LogP contribution is 2.33. The Bertz CT molecular complexity index is 1110. The zero-order valence-corrected chi connectivity index (χ0v) is 21.5. The molecule has 0 atom stereocenters. The quantitative estimate of drug-likeness (QED) is 0.508. The molecule has 0 saturated carbocycles. The minimum atomic E-state index is -3.96. The average molecular weight is 537 g/mol. The van der Waals surface area contributed by atoms with Gasteiger partial charge in [-0.3, -0.25) is 0 Å². The van der Waals surface area contributed by atoms with Crippen LogP contribution in [0.5, 0.6) is 11.5 Å². The van der Waals surface area contributed by atoms with E-state index in [0.29, 0.717) is 6.42 Å². The lowest BCUT2D eigenvalue weighted by Gasteiger charge is -2.23. The zero-order valence-electron chi connectivity index (χ0n) is 18.3. The van der Waals surface area contributed by atoms with Crippen LogP contribution in [0.1, 0.15) is 20.3 Å². The number of rotatable bonds is 8. The molecule has 0 aliphatic carbocycles. The first kappa shape index (κ1) is 26.1. The van der Waals surface area contributed by atoms with Gasteiger partial charge in [-0.1, -0.05) is 23.2 Å². The number of nitrogens with zero attached hydrogens (tertiary/aromatic N) is 2. The minimum absolute atomic E-state index is 0.0236. The molecule has 1 aliphatic heterocycles. The van der Waals surface area contributed by atoms with Crippen molar-refractivity contribution in [1.29, 1.82) is 0 Å². The standard InChI is InChI=1S/C21H26Cl2N2O6S2/c1-3-30-18-8-6-16(22)14-20(18)32(26,27)24-10-5-11-25(13-12-24)33(28,29)21-15-17(23)7-9-19(21)31-4-2/h6-9,14-15H,3-5,10-13H2,1-2H3. The lowest BCUT2D eigenvalue weighted by atomic mass is 10.3. The Kier molecular flexibility index (Phi) is 8.52. The van der Waals surface area contributed by atoms with Gasteiger partial charge in [0, 0.05) is 36.2 Å². The topological polar surface area (TPSA) is 93.2 Å². The molecule has 1 aliphatic rings. The van der Waals surface area contributed by atoms with E-state index in [1.165, 1.54) is 32.9 Å². The van der Waals surface area contributed by atoms with Gasteiger partial charge < -0.3 is 9.47 Å². The number of hydrogen-bond donors (Lipinski definition) is 0. The summed E-state index contributed by atoms with van der Waals surface area (Å²) in [5, 5.41) is 0.529. The summed E-state index contributed by atoms with van der Waals surface area (Å²) in [4.78, 5) is -0.0803. The summed E-state index contributed by atoms with van der Waals surface area (Å²) in [6.45, 7) is 4.35. The zero-order chi connectivity index (χ0) is 24.2. The fourth-order valence-electron chi connectivity index (χ4n) is 3.55. The first-order chi connectivity index (χ1) is 15.6. The number of sulfonamides is 2. The van der Waals surface area contributed by atoms with Crippen LogP contribution < -0.4 is 9.47 Å². The maximum absolute atomic E-state index is 13.4. The molecule has 8 nitrogen and oxygen atoms in total. The molecule has 0 aromatic heterocycles. The summed E-state index contributed by atoms with van der Waals surface area (Å²) >= 11 is 12.1. The summed E-state index contributed by atoms with van der Waals surface area (Å²) in [6.07, 6.45) is 0.313.